The van der Waals surface area contributed by atoms with Crippen LogP contribution in [-0.4, -0.2) is 32.8 Å². The van der Waals surface area contributed by atoms with Crippen molar-refractivity contribution in [2.24, 2.45) is 11.8 Å². The first-order valence-corrected chi connectivity index (χ1v) is 10.9. The van der Waals surface area contributed by atoms with Gasteiger partial charge in [-0.05, 0) is 50.4 Å². The lowest BCUT2D eigenvalue weighted by molar-refractivity contribution is -0.137. The van der Waals surface area contributed by atoms with Gasteiger partial charge in [-0.15, -0.1) is 0 Å². The van der Waals surface area contributed by atoms with E-state index in [1.807, 2.05) is 6.08 Å². The number of carbonyl (C=O) groups is 1. The Kier molecular flexibility index (Phi) is 9.11. The standard InChI is InChI=1S/C21H34O3S/c1-2-3-6-9-17(22)13-12-16-14-18-15-20(25-18)19(16)10-7-4-5-8-11-21(23)24/h4,7,12-13,16-20,22H,2-3,5-6,8-11,14-15H2,1H3,(H,23,24)/b7-4-,13-12+/t16?,17-,18+,19+,20?/m0/s1. The monoisotopic (exact) mass is 366 g/mol. The van der Waals surface area contributed by atoms with Gasteiger partial charge in [-0.3, -0.25) is 4.79 Å². The van der Waals surface area contributed by atoms with Gasteiger partial charge in [-0.2, -0.15) is 11.8 Å². The number of allylic oxidation sites excluding steroid dienone is 3. The van der Waals surface area contributed by atoms with Crippen LogP contribution in [0.4, 0.5) is 0 Å². The number of rotatable bonds is 12. The van der Waals surface area contributed by atoms with Crippen LogP contribution in [0.5, 0.6) is 0 Å². The summed E-state index contributed by atoms with van der Waals surface area (Å²) in [5.74, 6) is 0.555. The molecule has 2 saturated heterocycles. The minimum Gasteiger partial charge on any atom is -0.481 e. The lowest BCUT2D eigenvalue weighted by Gasteiger charge is -2.49. The van der Waals surface area contributed by atoms with Crippen molar-refractivity contribution in [3.8, 4) is 0 Å². The topological polar surface area (TPSA) is 57.5 Å². The average molecular weight is 367 g/mol. The van der Waals surface area contributed by atoms with Crippen molar-refractivity contribution >= 4 is 17.7 Å². The number of carboxylic acids is 1. The highest BCUT2D eigenvalue weighted by Gasteiger charge is 2.44. The van der Waals surface area contributed by atoms with Crippen molar-refractivity contribution in [2.45, 2.75) is 87.7 Å². The Labute approximate surface area is 157 Å². The van der Waals surface area contributed by atoms with E-state index in [-0.39, 0.29) is 12.5 Å². The lowest BCUT2D eigenvalue weighted by atomic mass is 9.75. The number of carboxylic acid groups (broad SMARTS) is 1. The molecule has 3 fully saturated rings. The predicted octanol–water partition coefficient (Wildman–Crippen LogP) is 5.20. The third-order valence-corrected chi connectivity index (χ3v) is 7.11. The second kappa shape index (κ2) is 11.1. The summed E-state index contributed by atoms with van der Waals surface area (Å²) in [5.41, 5.74) is 0. The van der Waals surface area contributed by atoms with Crippen LogP contribution in [0, 0.1) is 11.8 Å². The highest BCUT2D eigenvalue weighted by atomic mass is 32.2. The van der Waals surface area contributed by atoms with Crippen molar-refractivity contribution in [1.29, 1.82) is 0 Å². The van der Waals surface area contributed by atoms with Gasteiger partial charge in [0.15, 0.2) is 0 Å². The molecular formula is C21H34O3S. The van der Waals surface area contributed by atoms with Crippen LogP contribution in [0.15, 0.2) is 24.3 Å². The molecule has 2 bridgehead atoms. The first kappa shape index (κ1) is 20.6. The first-order valence-electron chi connectivity index (χ1n) is 9.98. The number of thioether (sulfide) groups is 1. The third kappa shape index (κ3) is 7.18. The maximum absolute atomic E-state index is 10.5. The number of hydrogen-bond donors (Lipinski definition) is 2. The second-order valence-corrected chi connectivity index (χ2v) is 9.08. The number of hydrogen-bond acceptors (Lipinski definition) is 3. The molecule has 3 nitrogen and oxygen atoms in total. The maximum Gasteiger partial charge on any atom is 0.303 e. The fraction of sp³-hybridized carbons (Fsp3) is 0.762. The van der Waals surface area contributed by atoms with Crippen molar-refractivity contribution in [2.75, 3.05) is 0 Å². The number of aliphatic hydroxyl groups excluding tert-OH is 1. The van der Waals surface area contributed by atoms with Gasteiger partial charge in [0.05, 0.1) is 6.10 Å². The fourth-order valence-electron chi connectivity index (χ4n) is 3.94. The molecule has 25 heavy (non-hydrogen) atoms. The van der Waals surface area contributed by atoms with Crippen LogP contribution in [0.3, 0.4) is 0 Å². The number of aliphatic carboxylic acids is 1. The Morgan fingerprint density at radius 3 is 2.76 bits per heavy atom. The van der Waals surface area contributed by atoms with E-state index in [9.17, 15) is 9.90 Å². The molecule has 0 amide bonds. The van der Waals surface area contributed by atoms with E-state index >= 15 is 0 Å². The zero-order valence-corrected chi connectivity index (χ0v) is 16.3. The lowest BCUT2D eigenvalue weighted by Crippen LogP contribution is -2.44. The van der Waals surface area contributed by atoms with Crippen LogP contribution < -0.4 is 0 Å². The summed E-state index contributed by atoms with van der Waals surface area (Å²) < 4.78 is 0. The van der Waals surface area contributed by atoms with Crippen LogP contribution in [0.1, 0.15) is 71.1 Å². The molecule has 2 aliphatic heterocycles. The molecule has 2 N–H and O–H groups in total. The molecule has 4 heteroatoms. The Morgan fingerprint density at radius 2 is 2.04 bits per heavy atom. The van der Waals surface area contributed by atoms with Gasteiger partial charge in [0.1, 0.15) is 0 Å². The van der Waals surface area contributed by atoms with Gasteiger partial charge >= 0.3 is 5.97 Å². The molecule has 1 aliphatic carbocycles. The highest BCUT2D eigenvalue weighted by molar-refractivity contribution is 8.01. The average Bonchev–Trinajstić information content (AvgIpc) is 2.55. The van der Waals surface area contributed by atoms with Gasteiger partial charge in [0.2, 0.25) is 0 Å². The molecule has 0 aromatic rings. The van der Waals surface area contributed by atoms with Crippen LogP contribution in [0.25, 0.3) is 0 Å². The Morgan fingerprint density at radius 1 is 1.24 bits per heavy atom. The SMILES string of the molecule is CCCCC[C@H](O)/C=C/C1C[C@@H]2CC(S2)[C@@H]1C/C=C\CCCC(=O)O. The van der Waals surface area contributed by atoms with E-state index in [1.54, 1.807) is 0 Å². The second-order valence-electron chi connectivity index (χ2n) is 7.54. The highest BCUT2D eigenvalue weighted by Crippen LogP contribution is 2.54. The molecular weight excluding hydrogens is 332 g/mol. The molecule has 0 aromatic heterocycles. The smallest absolute Gasteiger partial charge is 0.303 e. The quantitative estimate of drug-likeness (QED) is 0.368. The van der Waals surface area contributed by atoms with Crippen molar-refractivity contribution in [3.63, 3.8) is 0 Å². The van der Waals surface area contributed by atoms with E-state index < -0.39 is 5.97 Å². The minimum absolute atomic E-state index is 0.259. The number of unbranched alkanes of at least 4 members (excludes halogenated alkanes) is 3. The van der Waals surface area contributed by atoms with Gasteiger partial charge in [-0.25, -0.2) is 0 Å². The summed E-state index contributed by atoms with van der Waals surface area (Å²) in [4.78, 5) is 10.5. The van der Waals surface area contributed by atoms with Crippen molar-refractivity contribution in [3.05, 3.63) is 24.3 Å². The molecule has 1 saturated carbocycles. The molecule has 0 aromatic carbocycles. The fourth-order valence-corrected chi connectivity index (χ4v) is 5.58. The van der Waals surface area contributed by atoms with E-state index in [1.165, 1.54) is 25.7 Å². The summed E-state index contributed by atoms with van der Waals surface area (Å²) in [6, 6.07) is 0. The Balaban J connectivity index is 1.76. The van der Waals surface area contributed by atoms with E-state index in [4.69, 9.17) is 5.11 Å². The van der Waals surface area contributed by atoms with Crippen LogP contribution in [-0.2, 0) is 4.79 Å². The molecule has 2 heterocycles. The summed E-state index contributed by atoms with van der Waals surface area (Å²) in [6.07, 6.45) is 18.4. The molecule has 142 valence electrons. The summed E-state index contributed by atoms with van der Waals surface area (Å²) >= 11 is 2.14. The van der Waals surface area contributed by atoms with Crippen molar-refractivity contribution < 1.29 is 15.0 Å². The van der Waals surface area contributed by atoms with Gasteiger partial charge in [-0.1, -0.05) is 50.5 Å². The van der Waals surface area contributed by atoms with Crippen LogP contribution in [0.2, 0.25) is 0 Å². The van der Waals surface area contributed by atoms with Gasteiger partial charge in [0.25, 0.3) is 0 Å². The van der Waals surface area contributed by atoms with Gasteiger partial charge in [0, 0.05) is 16.9 Å². The predicted molar refractivity (Wildman–Crippen MR) is 106 cm³/mol. The molecule has 0 radical (unpaired) electrons. The summed E-state index contributed by atoms with van der Waals surface area (Å²) in [5, 5.41) is 20.4. The third-order valence-electron chi connectivity index (χ3n) is 5.45. The van der Waals surface area contributed by atoms with E-state index in [2.05, 4.69) is 36.9 Å². The van der Waals surface area contributed by atoms with E-state index in [0.29, 0.717) is 11.8 Å². The van der Waals surface area contributed by atoms with Gasteiger partial charge < -0.3 is 10.2 Å². The van der Waals surface area contributed by atoms with Crippen LogP contribution >= 0.6 is 11.8 Å². The number of aliphatic hydroxyl groups is 1. The summed E-state index contributed by atoms with van der Waals surface area (Å²) in [6.45, 7) is 2.19. The molecule has 2 unspecified atom stereocenters. The Hall–Kier alpha value is -0.740. The minimum atomic E-state index is -0.708. The molecule has 3 rings (SSSR count). The van der Waals surface area contributed by atoms with Crippen molar-refractivity contribution in [1.82, 2.24) is 0 Å². The maximum atomic E-state index is 10.5. The first-order chi connectivity index (χ1) is 12.1. The molecule has 0 spiro atoms. The van der Waals surface area contributed by atoms with E-state index in [0.717, 1.165) is 42.6 Å². The normalized spacial score (nSPS) is 29.8. The summed E-state index contributed by atoms with van der Waals surface area (Å²) in [7, 11) is 0. The largest absolute Gasteiger partial charge is 0.481 e. The zero-order valence-electron chi connectivity index (χ0n) is 15.5. The Bertz CT molecular complexity index is 454. The molecule has 3 aliphatic rings. The number of fused-ring (bicyclic) bond motifs is 2. The zero-order chi connectivity index (χ0) is 18.1. The molecule has 5 atom stereocenters.